The number of likely N-dealkylation sites (N-methyl/N-ethyl adjacent to an activating group) is 1. The minimum Gasteiger partial charge on any atom is -0.396 e. The Morgan fingerprint density at radius 3 is 2.85 bits per heavy atom. The highest BCUT2D eigenvalue weighted by Gasteiger charge is 2.18. The van der Waals surface area contributed by atoms with Crippen LogP contribution >= 0.6 is 0 Å². The number of unbranched alkanes of at least 4 members (excludes halogenated alkanes) is 1. The summed E-state index contributed by atoms with van der Waals surface area (Å²) in [5.41, 5.74) is 0. The fourth-order valence-corrected chi connectivity index (χ4v) is 2.22. The first kappa shape index (κ1) is 17.0. The molecule has 1 aliphatic rings. The molecule has 0 aromatic heterocycles. The van der Waals surface area contributed by atoms with Crippen molar-refractivity contribution in [1.82, 2.24) is 9.80 Å². The van der Waals surface area contributed by atoms with Crippen LogP contribution in [-0.2, 0) is 4.79 Å². The lowest BCUT2D eigenvalue weighted by molar-refractivity contribution is -0.127. The monoisotopic (exact) mass is 282 g/mol. The van der Waals surface area contributed by atoms with E-state index in [-0.39, 0.29) is 18.6 Å². The molecule has 0 aromatic rings. The average Bonchev–Trinajstić information content (AvgIpc) is 2.80. The molecular formula is C15H26N2O3. The first-order valence-corrected chi connectivity index (χ1v) is 7.34. The third-order valence-corrected chi connectivity index (χ3v) is 3.38. The maximum Gasteiger partial charge on any atom is 0.223 e. The van der Waals surface area contributed by atoms with Crippen LogP contribution in [0.15, 0.2) is 0 Å². The number of carbonyl (C=O) groups excluding carboxylic acids is 1. The van der Waals surface area contributed by atoms with Gasteiger partial charge in [-0.1, -0.05) is 11.8 Å². The van der Waals surface area contributed by atoms with E-state index in [0.717, 1.165) is 25.8 Å². The Hall–Kier alpha value is -1.09. The molecule has 0 aliphatic carbocycles. The molecular weight excluding hydrogens is 256 g/mol. The first-order valence-electron chi connectivity index (χ1n) is 7.34. The quantitative estimate of drug-likeness (QED) is 0.488. The van der Waals surface area contributed by atoms with Gasteiger partial charge >= 0.3 is 0 Å². The zero-order valence-electron chi connectivity index (χ0n) is 12.3. The summed E-state index contributed by atoms with van der Waals surface area (Å²) in [6, 6.07) is 0. The number of hydrogen-bond acceptors (Lipinski definition) is 4. The first-order chi connectivity index (χ1) is 9.63. The van der Waals surface area contributed by atoms with Crippen LogP contribution in [-0.4, -0.2) is 71.9 Å². The summed E-state index contributed by atoms with van der Waals surface area (Å²) in [4.78, 5) is 15.1. The molecule has 1 unspecified atom stereocenters. The van der Waals surface area contributed by atoms with Crippen LogP contribution < -0.4 is 0 Å². The van der Waals surface area contributed by atoms with Gasteiger partial charge in [-0.2, -0.15) is 0 Å². The molecule has 1 heterocycles. The largest absolute Gasteiger partial charge is 0.396 e. The van der Waals surface area contributed by atoms with Gasteiger partial charge in [0.1, 0.15) is 0 Å². The summed E-state index contributed by atoms with van der Waals surface area (Å²) in [5, 5.41) is 18.5. The fraction of sp³-hybridized carbons (Fsp3) is 0.800. The summed E-state index contributed by atoms with van der Waals surface area (Å²) in [6.07, 6.45) is 3.52. The van der Waals surface area contributed by atoms with Gasteiger partial charge in [0.2, 0.25) is 5.91 Å². The SMILES string of the molecule is CN(CC#CCN1CCCC1=O)CC(O)CCCCO. The topological polar surface area (TPSA) is 64.0 Å². The lowest BCUT2D eigenvalue weighted by atomic mass is 10.1. The highest BCUT2D eigenvalue weighted by molar-refractivity contribution is 5.78. The predicted molar refractivity (Wildman–Crippen MR) is 78.0 cm³/mol. The minimum absolute atomic E-state index is 0.184. The molecule has 20 heavy (non-hydrogen) atoms. The Balaban J connectivity index is 2.12. The van der Waals surface area contributed by atoms with E-state index in [2.05, 4.69) is 11.8 Å². The summed E-state index contributed by atoms with van der Waals surface area (Å²) < 4.78 is 0. The number of aliphatic hydroxyl groups excluding tert-OH is 2. The number of hydrogen-bond donors (Lipinski definition) is 2. The second-order valence-electron chi connectivity index (χ2n) is 5.34. The van der Waals surface area contributed by atoms with Crippen molar-refractivity contribution in [1.29, 1.82) is 0 Å². The Morgan fingerprint density at radius 1 is 1.40 bits per heavy atom. The highest BCUT2D eigenvalue weighted by atomic mass is 16.3. The number of carbonyl (C=O) groups is 1. The molecule has 0 radical (unpaired) electrons. The molecule has 5 heteroatoms. The van der Waals surface area contributed by atoms with Gasteiger partial charge in [0.15, 0.2) is 0 Å². The number of rotatable bonds is 8. The number of aliphatic hydroxyl groups is 2. The smallest absolute Gasteiger partial charge is 0.223 e. The molecule has 0 bridgehead atoms. The fourth-order valence-electron chi connectivity index (χ4n) is 2.22. The zero-order chi connectivity index (χ0) is 14.8. The molecule has 1 saturated heterocycles. The second kappa shape index (κ2) is 9.76. The van der Waals surface area contributed by atoms with Crippen molar-refractivity contribution in [2.45, 2.75) is 38.2 Å². The normalized spacial score (nSPS) is 16.4. The Labute approximate surface area is 121 Å². The summed E-state index contributed by atoms with van der Waals surface area (Å²) >= 11 is 0. The van der Waals surface area contributed by atoms with Gasteiger partial charge in [0.05, 0.1) is 19.2 Å². The van der Waals surface area contributed by atoms with E-state index < -0.39 is 0 Å². The highest BCUT2D eigenvalue weighted by Crippen LogP contribution is 2.07. The maximum absolute atomic E-state index is 11.4. The van der Waals surface area contributed by atoms with Crippen LogP contribution in [0.2, 0.25) is 0 Å². The lowest BCUT2D eigenvalue weighted by Crippen LogP contribution is -2.29. The van der Waals surface area contributed by atoms with Crippen LogP contribution in [0.25, 0.3) is 0 Å². The van der Waals surface area contributed by atoms with E-state index in [1.807, 2.05) is 11.9 Å². The minimum atomic E-state index is -0.367. The van der Waals surface area contributed by atoms with Gasteiger partial charge in [0.25, 0.3) is 0 Å². The molecule has 5 nitrogen and oxygen atoms in total. The number of amides is 1. The van der Waals surface area contributed by atoms with Crippen molar-refractivity contribution in [2.24, 2.45) is 0 Å². The molecule has 2 N–H and O–H groups in total. The van der Waals surface area contributed by atoms with Gasteiger partial charge in [-0.05, 0) is 32.7 Å². The maximum atomic E-state index is 11.4. The summed E-state index contributed by atoms with van der Waals surface area (Å²) in [6.45, 7) is 2.71. The molecule has 0 aromatic carbocycles. The van der Waals surface area contributed by atoms with E-state index in [1.54, 1.807) is 4.90 Å². The van der Waals surface area contributed by atoms with Crippen LogP contribution in [0.1, 0.15) is 32.1 Å². The Bertz CT molecular complexity index is 349. The zero-order valence-corrected chi connectivity index (χ0v) is 12.3. The van der Waals surface area contributed by atoms with Crippen LogP contribution in [0.3, 0.4) is 0 Å². The van der Waals surface area contributed by atoms with Gasteiger partial charge < -0.3 is 15.1 Å². The van der Waals surface area contributed by atoms with Crippen molar-refractivity contribution < 1.29 is 15.0 Å². The number of nitrogens with zero attached hydrogens (tertiary/aromatic N) is 2. The van der Waals surface area contributed by atoms with Crippen LogP contribution in [0.5, 0.6) is 0 Å². The summed E-state index contributed by atoms with van der Waals surface area (Å²) in [7, 11) is 1.92. The molecule has 0 saturated carbocycles. The van der Waals surface area contributed by atoms with Crippen molar-refractivity contribution in [3.8, 4) is 11.8 Å². The predicted octanol–water partition coefficient (Wildman–Crippen LogP) is 0.0675. The Kier molecular flexibility index (Phi) is 8.28. The van der Waals surface area contributed by atoms with Gasteiger partial charge in [-0.3, -0.25) is 9.69 Å². The van der Waals surface area contributed by atoms with Gasteiger partial charge in [-0.15, -0.1) is 0 Å². The standard InChI is InChI=1S/C15H26N2O3/c1-16(13-14(19)7-2-5-12-18)9-3-4-10-17-11-6-8-15(17)20/h14,18-19H,2,5-13H2,1H3. The van der Waals surface area contributed by atoms with E-state index in [4.69, 9.17) is 5.11 Å². The average molecular weight is 282 g/mol. The third-order valence-electron chi connectivity index (χ3n) is 3.38. The van der Waals surface area contributed by atoms with Crippen molar-refractivity contribution in [2.75, 3.05) is 39.8 Å². The molecule has 1 amide bonds. The van der Waals surface area contributed by atoms with Crippen molar-refractivity contribution in [3.05, 3.63) is 0 Å². The molecule has 0 spiro atoms. The Morgan fingerprint density at radius 2 is 2.20 bits per heavy atom. The lowest BCUT2D eigenvalue weighted by Gasteiger charge is -2.18. The van der Waals surface area contributed by atoms with E-state index in [0.29, 0.717) is 32.5 Å². The molecule has 1 fully saturated rings. The molecule has 1 rings (SSSR count). The molecule has 114 valence electrons. The third kappa shape index (κ3) is 6.90. The van der Waals surface area contributed by atoms with Gasteiger partial charge in [-0.25, -0.2) is 0 Å². The number of likely N-dealkylation sites (tertiary alicyclic amines) is 1. The van der Waals surface area contributed by atoms with E-state index >= 15 is 0 Å². The van der Waals surface area contributed by atoms with E-state index in [1.165, 1.54) is 0 Å². The van der Waals surface area contributed by atoms with Crippen molar-refractivity contribution in [3.63, 3.8) is 0 Å². The second-order valence-corrected chi connectivity index (χ2v) is 5.34. The summed E-state index contributed by atoms with van der Waals surface area (Å²) in [5.74, 6) is 6.25. The molecule has 1 aliphatic heterocycles. The van der Waals surface area contributed by atoms with E-state index in [9.17, 15) is 9.90 Å². The van der Waals surface area contributed by atoms with Crippen LogP contribution in [0, 0.1) is 11.8 Å². The van der Waals surface area contributed by atoms with Crippen molar-refractivity contribution >= 4 is 5.91 Å². The molecule has 1 atom stereocenters. The van der Waals surface area contributed by atoms with Gasteiger partial charge in [0, 0.05) is 26.1 Å². The van der Waals surface area contributed by atoms with Crippen LogP contribution in [0.4, 0.5) is 0 Å².